The Morgan fingerprint density at radius 2 is 1.63 bits per heavy atom. The van der Waals surface area contributed by atoms with E-state index in [0.717, 1.165) is 5.56 Å². The van der Waals surface area contributed by atoms with E-state index in [1.165, 1.54) is 13.0 Å². The Kier molecular flexibility index (Phi) is 5.02. The maximum Gasteiger partial charge on any atom is 0.255 e. The molecule has 0 atom stereocenters. The van der Waals surface area contributed by atoms with Crippen LogP contribution in [0.4, 0.5) is 5.69 Å². The van der Waals surface area contributed by atoms with Crippen LogP contribution in [-0.4, -0.2) is 11.7 Å². The number of aryl methyl sites for hydroxylation is 1. The highest BCUT2D eigenvalue weighted by atomic mass is 16.3. The van der Waals surface area contributed by atoms with Gasteiger partial charge in [-0.1, -0.05) is 35.9 Å². The number of rotatable bonds is 4. The van der Waals surface area contributed by atoms with Gasteiger partial charge in [0.25, 0.3) is 5.91 Å². The van der Waals surface area contributed by atoms with Gasteiger partial charge in [0.2, 0.25) is 0 Å². The smallest absolute Gasteiger partial charge is 0.255 e. The van der Waals surface area contributed by atoms with E-state index in [0.29, 0.717) is 39.1 Å². The minimum Gasteiger partial charge on any atom is -0.456 e. The first-order chi connectivity index (χ1) is 14.4. The van der Waals surface area contributed by atoms with Crippen LogP contribution in [0, 0.1) is 6.92 Å². The van der Waals surface area contributed by atoms with Crippen molar-refractivity contribution in [2.45, 2.75) is 13.8 Å². The first-order valence-electron chi connectivity index (χ1n) is 9.48. The molecule has 0 aliphatic rings. The Balaban J connectivity index is 1.61. The molecule has 3 aromatic carbocycles. The average molecular weight is 397 g/mol. The number of ketones is 1. The van der Waals surface area contributed by atoms with Gasteiger partial charge in [0, 0.05) is 22.8 Å². The Morgan fingerprint density at radius 1 is 0.900 bits per heavy atom. The fourth-order valence-electron chi connectivity index (χ4n) is 3.29. The second-order valence-corrected chi connectivity index (χ2v) is 7.11. The number of nitrogens with one attached hydrogen (secondary N) is 1. The lowest BCUT2D eigenvalue weighted by Crippen LogP contribution is -2.14. The van der Waals surface area contributed by atoms with Gasteiger partial charge in [0.05, 0.1) is 11.1 Å². The molecule has 1 aromatic heterocycles. The maximum absolute atomic E-state index is 12.6. The van der Waals surface area contributed by atoms with Crippen molar-refractivity contribution in [2.24, 2.45) is 0 Å². The van der Waals surface area contributed by atoms with Crippen LogP contribution < -0.4 is 10.7 Å². The molecule has 30 heavy (non-hydrogen) atoms. The van der Waals surface area contributed by atoms with Crippen LogP contribution in [-0.2, 0) is 0 Å². The van der Waals surface area contributed by atoms with Gasteiger partial charge < -0.3 is 9.73 Å². The lowest BCUT2D eigenvalue weighted by molar-refractivity contribution is 0.101. The highest BCUT2D eigenvalue weighted by Gasteiger charge is 2.12. The van der Waals surface area contributed by atoms with Gasteiger partial charge in [0.15, 0.2) is 11.2 Å². The molecular weight excluding hydrogens is 378 g/mol. The molecule has 0 aliphatic heterocycles. The van der Waals surface area contributed by atoms with Gasteiger partial charge in [-0.2, -0.15) is 0 Å². The van der Waals surface area contributed by atoms with Crippen molar-refractivity contribution in [2.75, 3.05) is 5.32 Å². The molecule has 1 amide bonds. The molecule has 4 rings (SSSR count). The Morgan fingerprint density at radius 3 is 2.37 bits per heavy atom. The number of amides is 1. The van der Waals surface area contributed by atoms with E-state index in [1.807, 2.05) is 13.0 Å². The summed E-state index contributed by atoms with van der Waals surface area (Å²) in [7, 11) is 0. The van der Waals surface area contributed by atoms with Crippen LogP contribution in [0.5, 0.6) is 0 Å². The van der Waals surface area contributed by atoms with Gasteiger partial charge in [-0.15, -0.1) is 0 Å². The predicted octanol–water partition coefficient (Wildman–Crippen LogP) is 5.22. The molecule has 1 heterocycles. The lowest BCUT2D eigenvalue weighted by atomic mass is 10.1. The van der Waals surface area contributed by atoms with E-state index in [-0.39, 0.29) is 17.1 Å². The Labute approximate surface area is 173 Å². The van der Waals surface area contributed by atoms with E-state index in [9.17, 15) is 14.4 Å². The van der Waals surface area contributed by atoms with Crippen LogP contribution in [0.1, 0.15) is 33.2 Å². The summed E-state index contributed by atoms with van der Waals surface area (Å²) in [6.45, 7) is 3.38. The van der Waals surface area contributed by atoms with Crippen LogP contribution in [0.15, 0.2) is 82.0 Å². The summed E-state index contributed by atoms with van der Waals surface area (Å²) < 4.78 is 5.88. The minimum atomic E-state index is -0.328. The first kappa shape index (κ1) is 19.3. The van der Waals surface area contributed by atoms with Crippen LogP contribution in [0.2, 0.25) is 0 Å². The number of carbonyl (C=O) groups is 2. The maximum atomic E-state index is 12.6. The van der Waals surface area contributed by atoms with Crippen molar-refractivity contribution in [3.05, 3.63) is 99.7 Å². The zero-order valence-electron chi connectivity index (χ0n) is 16.6. The molecule has 5 heteroatoms. The van der Waals surface area contributed by atoms with Crippen molar-refractivity contribution in [1.82, 2.24) is 0 Å². The molecule has 4 aromatic rings. The predicted molar refractivity (Wildman–Crippen MR) is 117 cm³/mol. The molecule has 1 N–H and O–H groups in total. The second-order valence-electron chi connectivity index (χ2n) is 7.11. The van der Waals surface area contributed by atoms with Crippen molar-refractivity contribution in [3.8, 4) is 11.3 Å². The molecule has 0 saturated heterocycles. The standard InChI is InChI=1S/C25H19NO4/c1-15-7-12-23-20(13-15)22(28)14-24(30-23)17-8-10-18(11-9-17)25(29)26-21-6-4-3-5-19(21)16(2)27/h3-14H,1-2H3,(H,26,29). The van der Waals surface area contributed by atoms with Crippen LogP contribution in [0.25, 0.3) is 22.3 Å². The molecule has 0 radical (unpaired) electrons. The molecule has 0 fully saturated rings. The van der Waals surface area contributed by atoms with Gasteiger partial charge >= 0.3 is 0 Å². The highest BCUT2D eigenvalue weighted by molar-refractivity contribution is 6.09. The third kappa shape index (κ3) is 3.78. The summed E-state index contributed by atoms with van der Waals surface area (Å²) in [5.41, 5.74) is 3.43. The molecule has 0 spiro atoms. The number of para-hydroxylation sites is 1. The number of fused-ring (bicyclic) bond motifs is 1. The number of carbonyl (C=O) groups excluding carboxylic acids is 2. The van der Waals surface area contributed by atoms with Gasteiger partial charge in [-0.05, 0) is 50.2 Å². The normalized spacial score (nSPS) is 10.7. The SMILES string of the molecule is CC(=O)c1ccccc1NC(=O)c1ccc(-c2cc(=O)c3cc(C)ccc3o2)cc1. The molecule has 0 aliphatic carbocycles. The van der Waals surface area contributed by atoms with Crippen molar-refractivity contribution < 1.29 is 14.0 Å². The third-order valence-corrected chi connectivity index (χ3v) is 4.87. The first-order valence-corrected chi connectivity index (χ1v) is 9.48. The number of hydrogen-bond acceptors (Lipinski definition) is 4. The molecular formula is C25H19NO4. The second kappa shape index (κ2) is 7.79. The number of anilines is 1. The summed E-state index contributed by atoms with van der Waals surface area (Å²) >= 11 is 0. The quantitative estimate of drug-likeness (QED) is 0.479. The Hall–Kier alpha value is -3.99. The molecule has 148 valence electrons. The van der Waals surface area contributed by atoms with E-state index in [4.69, 9.17) is 4.42 Å². The zero-order valence-corrected chi connectivity index (χ0v) is 16.6. The fourth-order valence-corrected chi connectivity index (χ4v) is 3.29. The highest BCUT2D eigenvalue weighted by Crippen LogP contribution is 2.24. The van der Waals surface area contributed by atoms with E-state index < -0.39 is 0 Å². The summed E-state index contributed by atoms with van der Waals surface area (Å²) in [5, 5.41) is 3.31. The van der Waals surface area contributed by atoms with Gasteiger partial charge in [-0.3, -0.25) is 14.4 Å². The summed E-state index contributed by atoms with van der Waals surface area (Å²) in [6.07, 6.45) is 0. The molecule has 0 saturated carbocycles. The number of benzene rings is 3. The Bertz CT molecular complexity index is 1330. The number of Topliss-reactive ketones (excluding diaryl/α,β-unsaturated/α-hetero) is 1. The van der Waals surface area contributed by atoms with Crippen LogP contribution in [0.3, 0.4) is 0 Å². The summed E-state index contributed by atoms with van der Waals surface area (Å²) in [6, 6.07) is 20.6. The number of hydrogen-bond donors (Lipinski definition) is 1. The summed E-state index contributed by atoms with van der Waals surface area (Å²) in [5.74, 6) is -0.0151. The van der Waals surface area contributed by atoms with Crippen molar-refractivity contribution >= 4 is 28.3 Å². The summed E-state index contributed by atoms with van der Waals surface area (Å²) in [4.78, 5) is 36.8. The zero-order chi connectivity index (χ0) is 21.3. The minimum absolute atomic E-state index is 0.113. The lowest BCUT2D eigenvalue weighted by Gasteiger charge is -2.09. The van der Waals surface area contributed by atoms with Crippen LogP contribution >= 0.6 is 0 Å². The van der Waals surface area contributed by atoms with Gasteiger partial charge in [0.1, 0.15) is 11.3 Å². The molecule has 0 bridgehead atoms. The fraction of sp³-hybridized carbons (Fsp3) is 0.0800. The topological polar surface area (TPSA) is 76.4 Å². The van der Waals surface area contributed by atoms with Crippen molar-refractivity contribution in [1.29, 1.82) is 0 Å². The average Bonchev–Trinajstić information content (AvgIpc) is 2.74. The van der Waals surface area contributed by atoms with Crippen molar-refractivity contribution in [3.63, 3.8) is 0 Å². The van der Waals surface area contributed by atoms with Gasteiger partial charge in [-0.25, -0.2) is 0 Å². The molecule has 5 nitrogen and oxygen atoms in total. The third-order valence-electron chi connectivity index (χ3n) is 4.87. The molecule has 0 unspecified atom stereocenters. The van der Waals surface area contributed by atoms with E-state index in [2.05, 4.69) is 5.32 Å². The van der Waals surface area contributed by atoms with E-state index in [1.54, 1.807) is 60.7 Å². The monoisotopic (exact) mass is 397 g/mol. The largest absolute Gasteiger partial charge is 0.456 e. The van der Waals surface area contributed by atoms with E-state index >= 15 is 0 Å².